The van der Waals surface area contributed by atoms with Crippen LogP contribution in [0.3, 0.4) is 0 Å². The third-order valence-electron chi connectivity index (χ3n) is 3.15. The van der Waals surface area contributed by atoms with Gasteiger partial charge in [-0.1, -0.05) is 80.6 Å². The van der Waals surface area contributed by atoms with Crippen LogP contribution in [-0.4, -0.2) is 0 Å². The van der Waals surface area contributed by atoms with Gasteiger partial charge in [0.15, 0.2) is 0 Å². The topological polar surface area (TPSA) is 0 Å². The smallest absolute Gasteiger partial charge is 0.00258 e. The lowest BCUT2D eigenvalue weighted by atomic mass is 10.0. The maximum atomic E-state index is 2.26. The van der Waals surface area contributed by atoms with Gasteiger partial charge in [-0.2, -0.15) is 0 Å². The third kappa shape index (κ3) is 4.75. The van der Waals surface area contributed by atoms with Gasteiger partial charge in [-0.15, -0.1) is 0 Å². The molecular formula is C19H22. The Bertz CT molecular complexity index is 503. The second-order valence-electron chi connectivity index (χ2n) is 5.44. The molecule has 0 atom stereocenters. The number of rotatable bonds is 5. The van der Waals surface area contributed by atoms with Crippen molar-refractivity contribution >= 4 is 6.08 Å². The quantitative estimate of drug-likeness (QED) is 0.672. The first-order valence-corrected chi connectivity index (χ1v) is 7.03. The summed E-state index contributed by atoms with van der Waals surface area (Å²) in [5, 5.41) is 0. The van der Waals surface area contributed by atoms with Gasteiger partial charge in [0.2, 0.25) is 0 Å². The Hall–Kier alpha value is -1.82. The first-order valence-electron chi connectivity index (χ1n) is 7.03. The summed E-state index contributed by atoms with van der Waals surface area (Å²) in [6.45, 7) is 4.49. The molecule has 0 nitrogen and oxygen atoms in total. The van der Waals surface area contributed by atoms with Gasteiger partial charge >= 0.3 is 0 Å². The summed E-state index contributed by atoms with van der Waals surface area (Å²) in [7, 11) is 0. The van der Waals surface area contributed by atoms with Crippen molar-refractivity contribution in [2.24, 2.45) is 5.92 Å². The predicted octanol–water partition coefficient (Wildman–Crippen LogP) is 5.34. The Balaban J connectivity index is 1.97. The van der Waals surface area contributed by atoms with Crippen LogP contribution in [0.2, 0.25) is 0 Å². The van der Waals surface area contributed by atoms with Gasteiger partial charge in [0.25, 0.3) is 0 Å². The van der Waals surface area contributed by atoms with E-state index in [9.17, 15) is 0 Å². The van der Waals surface area contributed by atoms with E-state index in [4.69, 9.17) is 0 Å². The summed E-state index contributed by atoms with van der Waals surface area (Å²) in [6.07, 6.45) is 6.63. The minimum absolute atomic E-state index is 0.730. The van der Waals surface area contributed by atoms with Crippen molar-refractivity contribution in [3.8, 4) is 0 Å². The molecule has 19 heavy (non-hydrogen) atoms. The molecule has 0 unspecified atom stereocenters. The maximum Gasteiger partial charge on any atom is -0.00258 e. The molecule has 2 aromatic carbocycles. The minimum atomic E-state index is 0.730. The van der Waals surface area contributed by atoms with Gasteiger partial charge in [-0.25, -0.2) is 0 Å². The van der Waals surface area contributed by atoms with Gasteiger partial charge in [-0.3, -0.25) is 0 Å². The molecule has 0 heterocycles. The van der Waals surface area contributed by atoms with E-state index in [0.29, 0.717) is 0 Å². The summed E-state index contributed by atoms with van der Waals surface area (Å²) in [4.78, 5) is 0. The second-order valence-corrected chi connectivity index (χ2v) is 5.44. The molecule has 98 valence electrons. The molecule has 0 spiro atoms. The average Bonchev–Trinajstić information content (AvgIpc) is 2.42. The fraction of sp³-hybridized carbons (Fsp3) is 0.263. The van der Waals surface area contributed by atoms with Gasteiger partial charge in [0.05, 0.1) is 0 Å². The van der Waals surface area contributed by atoms with Crippen LogP contribution in [0.4, 0.5) is 0 Å². The minimum Gasteiger partial charge on any atom is -0.0837 e. The number of hydrogen-bond donors (Lipinski definition) is 0. The molecule has 0 radical (unpaired) electrons. The molecular weight excluding hydrogens is 228 g/mol. The van der Waals surface area contributed by atoms with E-state index in [1.807, 2.05) is 0 Å². The van der Waals surface area contributed by atoms with Crippen molar-refractivity contribution in [1.82, 2.24) is 0 Å². The highest BCUT2D eigenvalue weighted by atomic mass is 14.0. The summed E-state index contributed by atoms with van der Waals surface area (Å²) < 4.78 is 0. The predicted molar refractivity (Wildman–Crippen MR) is 84.2 cm³/mol. The van der Waals surface area contributed by atoms with Crippen LogP contribution in [0.25, 0.3) is 6.08 Å². The lowest BCUT2D eigenvalue weighted by molar-refractivity contribution is 0.665. The first kappa shape index (κ1) is 13.6. The van der Waals surface area contributed by atoms with E-state index in [1.54, 1.807) is 0 Å². The maximum absolute atomic E-state index is 2.26. The standard InChI is InChI=1S/C19H22/c1-16(2)7-6-10-17-11-13-19(14-12-17)15-18-8-4-3-5-9-18/h3-6,8-14,16H,7,15H2,1-2H3/b10-6+. The molecule has 0 bridgehead atoms. The molecule has 0 saturated heterocycles. The van der Waals surface area contributed by atoms with Crippen LogP contribution in [0.1, 0.15) is 37.0 Å². The van der Waals surface area contributed by atoms with E-state index in [2.05, 4.69) is 80.6 Å². The number of benzene rings is 2. The Morgan fingerprint density at radius 1 is 0.842 bits per heavy atom. The molecule has 0 aliphatic rings. The van der Waals surface area contributed by atoms with E-state index in [1.165, 1.54) is 16.7 Å². The largest absolute Gasteiger partial charge is 0.0837 e. The molecule has 0 amide bonds. The van der Waals surface area contributed by atoms with Gasteiger partial charge in [-0.05, 0) is 35.4 Å². The molecule has 0 aromatic heterocycles. The number of allylic oxidation sites excluding steroid dienone is 1. The van der Waals surface area contributed by atoms with Crippen molar-refractivity contribution in [3.05, 3.63) is 77.4 Å². The molecule has 0 fully saturated rings. The van der Waals surface area contributed by atoms with E-state index in [0.717, 1.165) is 18.8 Å². The van der Waals surface area contributed by atoms with Crippen molar-refractivity contribution in [1.29, 1.82) is 0 Å². The van der Waals surface area contributed by atoms with Gasteiger partial charge in [0, 0.05) is 0 Å². The van der Waals surface area contributed by atoms with Crippen LogP contribution in [-0.2, 0) is 6.42 Å². The lowest BCUT2D eigenvalue weighted by Crippen LogP contribution is -1.87. The molecule has 2 aromatic rings. The van der Waals surface area contributed by atoms with Crippen molar-refractivity contribution in [2.75, 3.05) is 0 Å². The summed E-state index contributed by atoms with van der Waals surface area (Å²) in [5.41, 5.74) is 4.02. The highest BCUT2D eigenvalue weighted by Crippen LogP contribution is 2.12. The van der Waals surface area contributed by atoms with Crippen LogP contribution in [0, 0.1) is 5.92 Å². The fourth-order valence-corrected chi connectivity index (χ4v) is 2.05. The summed E-state index contributed by atoms with van der Waals surface area (Å²) in [6, 6.07) is 19.5. The summed E-state index contributed by atoms with van der Waals surface area (Å²) in [5.74, 6) is 0.730. The van der Waals surface area contributed by atoms with E-state index in [-0.39, 0.29) is 0 Å². The number of hydrogen-bond acceptors (Lipinski definition) is 0. The van der Waals surface area contributed by atoms with Crippen LogP contribution >= 0.6 is 0 Å². The monoisotopic (exact) mass is 250 g/mol. The van der Waals surface area contributed by atoms with Gasteiger partial charge in [0.1, 0.15) is 0 Å². The molecule has 0 aliphatic heterocycles. The van der Waals surface area contributed by atoms with Gasteiger partial charge < -0.3 is 0 Å². The molecule has 0 aliphatic carbocycles. The van der Waals surface area contributed by atoms with E-state index < -0.39 is 0 Å². The zero-order valence-corrected chi connectivity index (χ0v) is 11.8. The Kier molecular flexibility index (Phi) is 4.97. The fourth-order valence-electron chi connectivity index (χ4n) is 2.05. The zero-order chi connectivity index (χ0) is 13.5. The SMILES string of the molecule is CC(C)C/C=C/c1ccc(Cc2ccccc2)cc1. The van der Waals surface area contributed by atoms with Crippen molar-refractivity contribution in [2.45, 2.75) is 26.7 Å². The molecule has 0 heteroatoms. The van der Waals surface area contributed by atoms with Crippen LogP contribution in [0.5, 0.6) is 0 Å². The van der Waals surface area contributed by atoms with Crippen molar-refractivity contribution < 1.29 is 0 Å². The summed E-state index contributed by atoms with van der Waals surface area (Å²) >= 11 is 0. The Morgan fingerprint density at radius 2 is 1.47 bits per heavy atom. The van der Waals surface area contributed by atoms with E-state index >= 15 is 0 Å². The Labute approximate surface area is 116 Å². The third-order valence-corrected chi connectivity index (χ3v) is 3.15. The lowest BCUT2D eigenvalue weighted by Gasteiger charge is -2.03. The first-order chi connectivity index (χ1) is 9.24. The average molecular weight is 250 g/mol. The van der Waals surface area contributed by atoms with Crippen LogP contribution in [0.15, 0.2) is 60.7 Å². The molecule has 2 rings (SSSR count). The van der Waals surface area contributed by atoms with Crippen molar-refractivity contribution in [3.63, 3.8) is 0 Å². The normalized spacial score (nSPS) is 11.3. The van der Waals surface area contributed by atoms with Crippen LogP contribution < -0.4 is 0 Å². The molecule has 0 saturated carbocycles. The highest BCUT2D eigenvalue weighted by molar-refractivity contribution is 5.49. The highest BCUT2D eigenvalue weighted by Gasteiger charge is 1.95. The zero-order valence-electron chi connectivity index (χ0n) is 11.8. The second kappa shape index (κ2) is 6.94. The Morgan fingerprint density at radius 3 is 2.11 bits per heavy atom. The molecule has 0 N–H and O–H groups in total.